The van der Waals surface area contributed by atoms with Gasteiger partial charge >= 0.3 is 0 Å². The molecule has 1 aliphatic carbocycles. The fraction of sp³-hybridized carbons (Fsp3) is 0.412. The summed E-state index contributed by atoms with van der Waals surface area (Å²) in [5, 5.41) is 15.2. The number of aliphatic imine (C=N–C) groups is 2. The Kier molecular flexibility index (Phi) is 6.51. The minimum atomic E-state index is -0.671. The number of carbonyl (C=O) groups excluding carboxylic acids is 3. The lowest BCUT2D eigenvalue weighted by atomic mass is 9.95. The van der Waals surface area contributed by atoms with E-state index in [4.69, 9.17) is 5.41 Å². The molecule has 27 heavy (non-hydrogen) atoms. The Balaban J connectivity index is 1.55. The fourth-order valence-corrected chi connectivity index (χ4v) is 4.10. The molecule has 1 fully saturated rings. The molecular formula is C17H19N5O3S2. The average molecular weight is 406 g/mol. The molecule has 0 saturated heterocycles. The van der Waals surface area contributed by atoms with Gasteiger partial charge in [0.1, 0.15) is 0 Å². The van der Waals surface area contributed by atoms with Gasteiger partial charge in [0.05, 0.1) is 10.6 Å². The van der Waals surface area contributed by atoms with Crippen molar-refractivity contribution in [3.63, 3.8) is 0 Å². The highest BCUT2D eigenvalue weighted by atomic mass is 32.2. The SMILES string of the molecule is N=C1N=C(SCC(=O)NC2CCCCC2)NC(=O)C1=NC(=O)c1cccs1. The van der Waals surface area contributed by atoms with Crippen LogP contribution in [0.4, 0.5) is 0 Å². The van der Waals surface area contributed by atoms with Crippen LogP contribution in [0.5, 0.6) is 0 Å². The van der Waals surface area contributed by atoms with E-state index in [1.807, 2.05) is 0 Å². The zero-order chi connectivity index (χ0) is 19.2. The largest absolute Gasteiger partial charge is 0.353 e. The summed E-state index contributed by atoms with van der Waals surface area (Å²) in [6.45, 7) is 0. The van der Waals surface area contributed by atoms with Crippen LogP contribution in [0.3, 0.4) is 0 Å². The Hall–Kier alpha value is -2.33. The Morgan fingerprint density at radius 2 is 2.15 bits per heavy atom. The first-order valence-corrected chi connectivity index (χ1v) is 10.5. The number of amides is 3. The minimum absolute atomic E-state index is 0.101. The van der Waals surface area contributed by atoms with Crippen molar-refractivity contribution in [3.05, 3.63) is 22.4 Å². The zero-order valence-corrected chi connectivity index (χ0v) is 16.1. The molecule has 0 aromatic carbocycles. The quantitative estimate of drug-likeness (QED) is 0.708. The van der Waals surface area contributed by atoms with Gasteiger partial charge in [0.25, 0.3) is 11.8 Å². The Morgan fingerprint density at radius 1 is 1.37 bits per heavy atom. The van der Waals surface area contributed by atoms with E-state index in [2.05, 4.69) is 20.6 Å². The van der Waals surface area contributed by atoms with Gasteiger partial charge in [-0.05, 0) is 24.3 Å². The number of rotatable bonds is 4. The molecule has 0 spiro atoms. The van der Waals surface area contributed by atoms with Crippen molar-refractivity contribution in [1.82, 2.24) is 10.6 Å². The molecule has 1 aromatic heterocycles. The van der Waals surface area contributed by atoms with E-state index < -0.39 is 11.8 Å². The smallest absolute Gasteiger partial charge is 0.287 e. The second kappa shape index (κ2) is 9.05. The maximum absolute atomic E-state index is 12.2. The molecule has 3 amide bonds. The van der Waals surface area contributed by atoms with Gasteiger partial charge in [-0.3, -0.25) is 25.1 Å². The van der Waals surface area contributed by atoms with Gasteiger partial charge in [0, 0.05) is 6.04 Å². The van der Waals surface area contributed by atoms with E-state index in [0.29, 0.717) is 4.88 Å². The van der Waals surface area contributed by atoms with Crippen LogP contribution in [-0.2, 0) is 9.59 Å². The first-order valence-electron chi connectivity index (χ1n) is 8.60. The van der Waals surface area contributed by atoms with Crippen LogP contribution in [-0.4, -0.2) is 46.2 Å². The van der Waals surface area contributed by atoms with Crippen molar-refractivity contribution in [1.29, 1.82) is 5.41 Å². The molecule has 0 bridgehead atoms. The highest BCUT2D eigenvalue weighted by molar-refractivity contribution is 8.14. The topological polar surface area (TPSA) is 124 Å². The molecule has 0 radical (unpaired) electrons. The first kappa shape index (κ1) is 19.4. The fourth-order valence-electron chi connectivity index (χ4n) is 2.83. The van der Waals surface area contributed by atoms with Gasteiger partial charge in [-0.15, -0.1) is 11.3 Å². The lowest BCUT2D eigenvalue weighted by molar-refractivity contribution is -0.119. The Labute approximate surface area is 164 Å². The van der Waals surface area contributed by atoms with Crippen molar-refractivity contribution in [2.24, 2.45) is 9.98 Å². The van der Waals surface area contributed by atoms with E-state index in [9.17, 15) is 14.4 Å². The van der Waals surface area contributed by atoms with Gasteiger partial charge in [0.15, 0.2) is 16.7 Å². The normalized spacial score (nSPS) is 19.6. The van der Waals surface area contributed by atoms with Gasteiger partial charge in [-0.2, -0.15) is 4.99 Å². The maximum atomic E-state index is 12.2. The van der Waals surface area contributed by atoms with Crippen molar-refractivity contribution in [2.45, 2.75) is 38.1 Å². The number of hydrogen-bond donors (Lipinski definition) is 3. The molecule has 3 rings (SSSR count). The van der Waals surface area contributed by atoms with E-state index in [-0.39, 0.29) is 34.4 Å². The summed E-state index contributed by atoms with van der Waals surface area (Å²) in [5.74, 6) is -1.67. The number of amidine groups is 2. The molecule has 8 nitrogen and oxygen atoms in total. The number of thiophene rings is 1. The zero-order valence-electron chi connectivity index (χ0n) is 14.5. The van der Waals surface area contributed by atoms with Crippen LogP contribution >= 0.6 is 23.1 Å². The molecule has 1 aromatic rings. The molecule has 2 aliphatic rings. The van der Waals surface area contributed by atoms with Gasteiger partial charge in [0.2, 0.25) is 5.91 Å². The Morgan fingerprint density at radius 3 is 2.81 bits per heavy atom. The second-order valence-corrected chi connectivity index (χ2v) is 8.07. The van der Waals surface area contributed by atoms with Crippen LogP contribution < -0.4 is 10.6 Å². The van der Waals surface area contributed by atoms with Crippen LogP contribution in [0.2, 0.25) is 0 Å². The molecule has 0 atom stereocenters. The third kappa shape index (κ3) is 5.33. The number of nitrogens with one attached hydrogen (secondary N) is 3. The van der Waals surface area contributed by atoms with Crippen LogP contribution in [0.1, 0.15) is 41.8 Å². The average Bonchev–Trinajstić information content (AvgIpc) is 3.18. The van der Waals surface area contributed by atoms with Gasteiger partial charge < -0.3 is 5.32 Å². The molecule has 0 unspecified atom stereocenters. The lowest BCUT2D eigenvalue weighted by Crippen LogP contribution is -2.44. The summed E-state index contributed by atoms with van der Waals surface area (Å²) in [6, 6.07) is 3.52. The van der Waals surface area contributed by atoms with E-state index >= 15 is 0 Å². The second-order valence-electron chi connectivity index (χ2n) is 6.15. The van der Waals surface area contributed by atoms with Crippen LogP contribution in [0, 0.1) is 5.41 Å². The van der Waals surface area contributed by atoms with Crippen LogP contribution in [0.15, 0.2) is 27.5 Å². The number of nitrogens with zero attached hydrogens (tertiary/aromatic N) is 2. The van der Waals surface area contributed by atoms with E-state index in [0.717, 1.165) is 37.4 Å². The monoisotopic (exact) mass is 405 g/mol. The summed E-state index contributed by atoms with van der Waals surface area (Å²) < 4.78 is 0. The first-order chi connectivity index (χ1) is 13.0. The number of hydrogen-bond acceptors (Lipinski definition) is 6. The summed E-state index contributed by atoms with van der Waals surface area (Å²) >= 11 is 2.25. The molecule has 3 N–H and O–H groups in total. The number of carbonyl (C=O) groups is 3. The van der Waals surface area contributed by atoms with Crippen molar-refractivity contribution in [2.75, 3.05) is 5.75 Å². The highest BCUT2D eigenvalue weighted by Crippen LogP contribution is 2.17. The lowest BCUT2D eigenvalue weighted by Gasteiger charge is -2.22. The van der Waals surface area contributed by atoms with Crippen LogP contribution in [0.25, 0.3) is 0 Å². The molecule has 1 saturated carbocycles. The molecule has 1 aliphatic heterocycles. The summed E-state index contributed by atoms with van der Waals surface area (Å²) in [5.41, 5.74) is -0.329. The predicted molar refractivity (Wildman–Crippen MR) is 107 cm³/mol. The summed E-state index contributed by atoms with van der Waals surface area (Å²) in [4.78, 5) is 44.2. The van der Waals surface area contributed by atoms with Crippen molar-refractivity contribution < 1.29 is 14.4 Å². The summed E-state index contributed by atoms with van der Waals surface area (Å²) in [7, 11) is 0. The maximum Gasteiger partial charge on any atom is 0.287 e. The number of thioether (sulfide) groups is 1. The minimum Gasteiger partial charge on any atom is -0.353 e. The summed E-state index contributed by atoms with van der Waals surface area (Å²) in [6.07, 6.45) is 5.47. The Bertz CT molecular complexity index is 811. The highest BCUT2D eigenvalue weighted by Gasteiger charge is 2.26. The molecule has 142 valence electrons. The van der Waals surface area contributed by atoms with E-state index in [1.54, 1.807) is 17.5 Å². The molecule has 10 heteroatoms. The third-order valence-electron chi connectivity index (χ3n) is 4.13. The molecule has 2 heterocycles. The van der Waals surface area contributed by atoms with Gasteiger partial charge in [-0.1, -0.05) is 37.1 Å². The van der Waals surface area contributed by atoms with Crippen molar-refractivity contribution >= 4 is 57.5 Å². The van der Waals surface area contributed by atoms with Gasteiger partial charge in [-0.25, -0.2) is 4.99 Å². The van der Waals surface area contributed by atoms with Crippen molar-refractivity contribution in [3.8, 4) is 0 Å². The standard InChI is InChI=1S/C17H19N5O3S2/c18-14-13(20-15(24)11-7-4-8-26-11)16(25)22-17(21-14)27-9-12(23)19-10-5-2-1-3-6-10/h4,7-8,10H,1-3,5-6,9H2,(H,19,23)(H2,18,21,22,25). The molecular weight excluding hydrogens is 386 g/mol. The third-order valence-corrected chi connectivity index (χ3v) is 5.86. The predicted octanol–water partition coefficient (Wildman–Crippen LogP) is 1.97. The van der Waals surface area contributed by atoms with E-state index in [1.165, 1.54) is 17.8 Å².